The number of rotatable bonds is 9. The molecule has 1 heterocycles. The highest BCUT2D eigenvalue weighted by Crippen LogP contribution is 2.33. The standard InChI is InChI=1S/C11H18BrNO5S2/c1-17-5-3-13(4-6-18-2)20(15,16)10-7-9(8-14)19-11(10)12/h7,14H,3-6,8H2,1-2H3. The van der Waals surface area contributed by atoms with Crippen LogP contribution in [0.25, 0.3) is 0 Å². The van der Waals surface area contributed by atoms with Crippen molar-refractivity contribution < 1.29 is 23.0 Å². The Morgan fingerprint density at radius 2 is 1.85 bits per heavy atom. The van der Waals surface area contributed by atoms with Gasteiger partial charge in [0.2, 0.25) is 10.0 Å². The molecule has 1 N–H and O–H groups in total. The Kier molecular flexibility index (Phi) is 7.59. The Bertz CT molecular complexity index is 509. The summed E-state index contributed by atoms with van der Waals surface area (Å²) >= 11 is 4.44. The van der Waals surface area contributed by atoms with Crippen molar-refractivity contribution >= 4 is 37.3 Å². The second-order valence-corrected chi connectivity index (χ2v) is 8.26. The maximum Gasteiger partial charge on any atom is 0.245 e. The minimum atomic E-state index is -3.64. The lowest BCUT2D eigenvalue weighted by atomic mass is 10.5. The minimum Gasteiger partial charge on any atom is -0.391 e. The minimum absolute atomic E-state index is 0.166. The van der Waals surface area contributed by atoms with E-state index in [1.54, 1.807) is 0 Å². The van der Waals surface area contributed by atoms with Crippen molar-refractivity contribution in [1.29, 1.82) is 0 Å². The topological polar surface area (TPSA) is 76.1 Å². The molecule has 0 bridgehead atoms. The third-order valence-electron chi connectivity index (χ3n) is 2.57. The molecule has 20 heavy (non-hydrogen) atoms. The highest BCUT2D eigenvalue weighted by Gasteiger charge is 2.28. The molecule has 0 radical (unpaired) electrons. The summed E-state index contributed by atoms with van der Waals surface area (Å²) in [4.78, 5) is 0.757. The van der Waals surface area contributed by atoms with Gasteiger partial charge in [0.25, 0.3) is 0 Å². The summed E-state index contributed by atoms with van der Waals surface area (Å²) in [5.41, 5.74) is 0. The number of nitrogens with zero attached hydrogens (tertiary/aromatic N) is 1. The van der Waals surface area contributed by atoms with Crippen LogP contribution in [0.15, 0.2) is 14.7 Å². The summed E-state index contributed by atoms with van der Waals surface area (Å²) in [6, 6.07) is 1.48. The summed E-state index contributed by atoms with van der Waals surface area (Å²) in [6.07, 6.45) is 0. The van der Waals surface area contributed by atoms with Crippen LogP contribution in [-0.2, 0) is 26.1 Å². The predicted octanol–water partition coefficient (Wildman–Crippen LogP) is 1.29. The molecule has 0 saturated carbocycles. The van der Waals surface area contributed by atoms with Crippen LogP contribution in [0.2, 0.25) is 0 Å². The number of hydrogen-bond donors (Lipinski definition) is 1. The zero-order valence-corrected chi connectivity index (χ0v) is 14.6. The Hall–Kier alpha value is -0.0300. The molecule has 0 unspecified atom stereocenters. The monoisotopic (exact) mass is 387 g/mol. The van der Waals surface area contributed by atoms with Crippen LogP contribution >= 0.6 is 27.3 Å². The van der Waals surface area contributed by atoms with Gasteiger partial charge in [-0.3, -0.25) is 0 Å². The maximum atomic E-state index is 12.6. The van der Waals surface area contributed by atoms with Crippen molar-refractivity contribution in [3.8, 4) is 0 Å². The highest BCUT2D eigenvalue weighted by molar-refractivity contribution is 9.11. The molecule has 0 aromatic carbocycles. The Morgan fingerprint density at radius 1 is 1.30 bits per heavy atom. The van der Waals surface area contributed by atoms with Crippen LogP contribution < -0.4 is 0 Å². The molecule has 0 aliphatic rings. The zero-order valence-electron chi connectivity index (χ0n) is 11.3. The van der Waals surface area contributed by atoms with Gasteiger partial charge in [-0.1, -0.05) is 0 Å². The van der Waals surface area contributed by atoms with E-state index in [1.165, 1.54) is 35.9 Å². The second-order valence-electron chi connectivity index (χ2n) is 3.90. The first kappa shape index (κ1) is 18.0. The summed E-state index contributed by atoms with van der Waals surface area (Å²) in [6.45, 7) is 0.919. The van der Waals surface area contributed by atoms with E-state index in [-0.39, 0.29) is 24.6 Å². The number of methoxy groups -OCH3 is 2. The Morgan fingerprint density at radius 3 is 2.25 bits per heavy atom. The van der Waals surface area contributed by atoms with Gasteiger partial charge in [0.1, 0.15) is 4.90 Å². The lowest BCUT2D eigenvalue weighted by Crippen LogP contribution is -2.36. The number of aliphatic hydroxyl groups excluding tert-OH is 1. The fraction of sp³-hybridized carbons (Fsp3) is 0.636. The third-order valence-corrected chi connectivity index (χ3v) is 6.71. The number of sulfonamides is 1. The molecule has 6 nitrogen and oxygen atoms in total. The SMILES string of the molecule is COCCN(CCOC)S(=O)(=O)c1cc(CO)sc1Br. The zero-order chi connectivity index (χ0) is 15.2. The molecule has 116 valence electrons. The van der Waals surface area contributed by atoms with Gasteiger partial charge in [-0.15, -0.1) is 11.3 Å². The van der Waals surface area contributed by atoms with Crippen LogP contribution in [-0.4, -0.2) is 58.4 Å². The molecule has 0 spiro atoms. The highest BCUT2D eigenvalue weighted by atomic mass is 79.9. The molecule has 0 fully saturated rings. The first-order valence-electron chi connectivity index (χ1n) is 5.84. The first-order valence-corrected chi connectivity index (χ1v) is 8.89. The molecule has 1 rings (SSSR count). The van der Waals surface area contributed by atoms with E-state index in [9.17, 15) is 8.42 Å². The largest absolute Gasteiger partial charge is 0.391 e. The van der Waals surface area contributed by atoms with E-state index in [1.807, 2.05) is 0 Å². The van der Waals surface area contributed by atoms with E-state index >= 15 is 0 Å². The molecule has 1 aromatic rings. The molecule has 0 atom stereocenters. The number of halogens is 1. The van der Waals surface area contributed by atoms with Gasteiger partial charge < -0.3 is 14.6 Å². The second kappa shape index (κ2) is 8.42. The van der Waals surface area contributed by atoms with Crippen molar-refractivity contribution in [3.63, 3.8) is 0 Å². The normalized spacial score (nSPS) is 12.2. The Balaban J connectivity index is 3.03. The lowest BCUT2D eigenvalue weighted by molar-refractivity contribution is 0.150. The number of ether oxygens (including phenoxy) is 2. The van der Waals surface area contributed by atoms with E-state index in [0.29, 0.717) is 21.9 Å². The first-order chi connectivity index (χ1) is 9.47. The lowest BCUT2D eigenvalue weighted by Gasteiger charge is -2.21. The van der Waals surface area contributed by atoms with Crippen LogP contribution in [0.5, 0.6) is 0 Å². The van der Waals surface area contributed by atoms with Crippen LogP contribution in [0.3, 0.4) is 0 Å². The molecule has 0 saturated heterocycles. The van der Waals surface area contributed by atoms with Crippen molar-refractivity contribution in [3.05, 3.63) is 14.7 Å². The van der Waals surface area contributed by atoms with E-state index < -0.39 is 10.0 Å². The van der Waals surface area contributed by atoms with Crippen LogP contribution in [0.1, 0.15) is 4.88 Å². The Labute approximate surface area is 131 Å². The van der Waals surface area contributed by atoms with Gasteiger partial charge in [0.15, 0.2) is 0 Å². The molecule has 0 aliphatic carbocycles. The van der Waals surface area contributed by atoms with E-state index in [0.717, 1.165) is 0 Å². The molecule has 9 heteroatoms. The number of thiophene rings is 1. The average molecular weight is 388 g/mol. The average Bonchev–Trinajstić information content (AvgIpc) is 2.80. The number of hydrogen-bond acceptors (Lipinski definition) is 6. The van der Waals surface area contributed by atoms with E-state index in [4.69, 9.17) is 14.6 Å². The smallest absolute Gasteiger partial charge is 0.245 e. The summed E-state index contributed by atoms with van der Waals surface area (Å²) < 4.78 is 36.9. The van der Waals surface area contributed by atoms with Crippen molar-refractivity contribution in [2.24, 2.45) is 0 Å². The van der Waals surface area contributed by atoms with Gasteiger partial charge in [0, 0.05) is 32.2 Å². The fourth-order valence-corrected chi connectivity index (χ4v) is 5.43. The van der Waals surface area contributed by atoms with Gasteiger partial charge in [-0.25, -0.2) is 8.42 Å². The number of aliphatic hydroxyl groups is 1. The predicted molar refractivity (Wildman–Crippen MR) is 80.5 cm³/mol. The van der Waals surface area contributed by atoms with Gasteiger partial charge in [0.05, 0.1) is 23.6 Å². The van der Waals surface area contributed by atoms with Gasteiger partial charge >= 0.3 is 0 Å². The molecular weight excluding hydrogens is 370 g/mol. The summed E-state index contributed by atoms with van der Waals surface area (Å²) in [5, 5.41) is 9.10. The molecule has 0 aliphatic heterocycles. The summed E-state index contributed by atoms with van der Waals surface area (Å²) in [7, 11) is -0.601. The van der Waals surface area contributed by atoms with E-state index in [2.05, 4.69) is 15.9 Å². The fourth-order valence-electron chi connectivity index (χ4n) is 1.53. The van der Waals surface area contributed by atoms with Crippen LogP contribution in [0, 0.1) is 0 Å². The third kappa shape index (κ3) is 4.48. The van der Waals surface area contributed by atoms with Crippen molar-refractivity contribution in [2.45, 2.75) is 11.5 Å². The van der Waals surface area contributed by atoms with Gasteiger partial charge in [-0.2, -0.15) is 4.31 Å². The molecule has 0 amide bonds. The molecular formula is C11H18BrNO5S2. The maximum absolute atomic E-state index is 12.6. The van der Waals surface area contributed by atoms with Gasteiger partial charge in [-0.05, 0) is 22.0 Å². The van der Waals surface area contributed by atoms with Crippen molar-refractivity contribution in [2.75, 3.05) is 40.5 Å². The summed E-state index contributed by atoms with van der Waals surface area (Å²) in [5.74, 6) is 0. The molecule has 1 aromatic heterocycles. The van der Waals surface area contributed by atoms with Crippen molar-refractivity contribution in [1.82, 2.24) is 4.31 Å². The quantitative estimate of drug-likeness (QED) is 0.690. The van der Waals surface area contributed by atoms with Crippen LogP contribution in [0.4, 0.5) is 0 Å².